The van der Waals surface area contributed by atoms with E-state index in [0.29, 0.717) is 19.3 Å². The summed E-state index contributed by atoms with van der Waals surface area (Å²) in [7, 11) is 0. The van der Waals surface area contributed by atoms with Gasteiger partial charge in [-0.15, -0.1) is 6.42 Å². The molecule has 4 unspecified atom stereocenters. The van der Waals surface area contributed by atoms with Gasteiger partial charge in [-0.2, -0.15) is 0 Å². The Morgan fingerprint density at radius 1 is 1.25 bits per heavy atom. The standard InChI is InChI=1S/C23H32O5/c1-5-23(27)9-7-16-20-15(6-8-22(16,23)4)21(3)12-18(26)19(28-13(2)24)11-14(21)10-17(20)25/h1,10,15-20,25-27H,6-9,11-12H2,2-4H3/t15-,16+,17?,18?,19?,20-,21+,22+,23?/m1/s1. The molecule has 5 nitrogen and oxygen atoms in total. The first-order chi connectivity index (χ1) is 13.1. The number of carbonyl (C=O) groups excluding carboxylic acids is 1. The number of fused-ring (bicyclic) bond motifs is 5. The molecule has 3 fully saturated rings. The van der Waals surface area contributed by atoms with E-state index in [1.165, 1.54) is 6.92 Å². The van der Waals surface area contributed by atoms with Crippen molar-refractivity contribution in [2.75, 3.05) is 0 Å². The van der Waals surface area contributed by atoms with Gasteiger partial charge in [0.25, 0.3) is 0 Å². The van der Waals surface area contributed by atoms with E-state index in [1.54, 1.807) is 0 Å². The SMILES string of the molecule is C#CC1(O)CC[C@H]2[C@@H]3C(O)C=C4CC(OC(C)=O)C(O)C[C@]4(C)[C@@H]3CC[C@@]21C. The lowest BCUT2D eigenvalue weighted by Gasteiger charge is -2.60. The molecule has 0 amide bonds. The monoisotopic (exact) mass is 388 g/mol. The second-order valence-electron chi connectivity index (χ2n) is 10.0. The van der Waals surface area contributed by atoms with Gasteiger partial charge in [-0.1, -0.05) is 31.4 Å². The molecule has 0 bridgehead atoms. The molecule has 0 aromatic heterocycles. The highest BCUT2D eigenvalue weighted by atomic mass is 16.6. The van der Waals surface area contributed by atoms with Crippen LogP contribution in [0.1, 0.15) is 59.3 Å². The number of hydrogen-bond donors (Lipinski definition) is 3. The number of esters is 1. The average Bonchev–Trinajstić information content (AvgIpc) is 2.89. The minimum atomic E-state index is -1.11. The average molecular weight is 389 g/mol. The van der Waals surface area contributed by atoms with Crippen molar-refractivity contribution in [3.63, 3.8) is 0 Å². The Bertz CT molecular complexity index is 753. The Balaban J connectivity index is 1.69. The second kappa shape index (κ2) is 6.32. The van der Waals surface area contributed by atoms with Crippen LogP contribution in [0.5, 0.6) is 0 Å². The van der Waals surface area contributed by atoms with Crippen LogP contribution in [-0.4, -0.2) is 45.2 Å². The molecule has 4 aliphatic carbocycles. The topological polar surface area (TPSA) is 87.0 Å². The van der Waals surface area contributed by atoms with Crippen molar-refractivity contribution in [3.05, 3.63) is 11.6 Å². The van der Waals surface area contributed by atoms with Crippen LogP contribution in [0.4, 0.5) is 0 Å². The van der Waals surface area contributed by atoms with Gasteiger partial charge in [-0.05, 0) is 55.3 Å². The van der Waals surface area contributed by atoms with Crippen LogP contribution in [0.15, 0.2) is 11.6 Å². The molecule has 9 atom stereocenters. The van der Waals surface area contributed by atoms with Crippen molar-refractivity contribution < 1.29 is 24.9 Å². The second-order valence-corrected chi connectivity index (χ2v) is 10.0. The van der Waals surface area contributed by atoms with Crippen LogP contribution in [0, 0.1) is 40.9 Å². The number of terminal acetylenes is 1. The van der Waals surface area contributed by atoms with Crippen LogP contribution >= 0.6 is 0 Å². The van der Waals surface area contributed by atoms with Crippen molar-refractivity contribution in [1.82, 2.24) is 0 Å². The maximum absolute atomic E-state index is 11.4. The van der Waals surface area contributed by atoms with Gasteiger partial charge in [0, 0.05) is 18.8 Å². The van der Waals surface area contributed by atoms with E-state index < -0.39 is 29.9 Å². The highest BCUT2D eigenvalue weighted by molar-refractivity contribution is 5.66. The number of ether oxygens (including phenoxy) is 1. The van der Waals surface area contributed by atoms with Gasteiger partial charge in [0.2, 0.25) is 0 Å². The summed E-state index contributed by atoms with van der Waals surface area (Å²) in [6, 6.07) is 0. The molecule has 5 heteroatoms. The Labute approximate surface area is 167 Å². The van der Waals surface area contributed by atoms with Gasteiger partial charge < -0.3 is 20.1 Å². The molecule has 3 saturated carbocycles. The van der Waals surface area contributed by atoms with Crippen molar-refractivity contribution in [3.8, 4) is 12.3 Å². The number of aliphatic hydroxyl groups excluding tert-OH is 2. The van der Waals surface area contributed by atoms with E-state index >= 15 is 0 Å². The van der Waals surface area contributed by atoms with E-state index in [9.17, 15) is 20.1 Å². The lowest BCUT2D eigenvalue weighted by atomic mass is 9.46. The summed E-state index contributed by atoms with van der Waals surface area (Å²) >= 11 is 0. The van der Waals surface area contributed by atoms with Crippen molar-refractivity contribution in [2.45, 2.75) is 83.2 Å². The first kappa shape index (κ1) is 19.9. The first-order valence-electron chi connectivity index (χ1n) is 10.5. The fourth-order valence-corrected chi connectivity index (χ4v) is 7.25. The molecule has 0 aliphatic heterocycles. The van der Waals surface area contributed by atoms with Gasteiger partial charge in [-0.25, -0.2) is 0 Å². The van der Waals surface area contributed by atoms with Crippen LogP contribution in [0.25, 0.3) is 0 Å². The molecular weight excluding hydrogens is 356 g/mol. The molecule has 0 saturated heterocycles. The fraction of sp³-hybridized carbons (Fsp3) is 0.783. The van der Waals surface area contributed by atoms with Crippen LogP contribution in [0.3, 0.4) is 0 Å². The molecule has 0 aromatic carbocycles. The Morgan fingerprint density at radius 2 is 1.93 bits per heavy atom. The third-order valence-corrected chi connectivity index (χ3v) is 8.84. The molecule has 0 radical (unpaired) electrons. The van der Waals surface area contributed by atoms with E-state index in [4.69, 9.17) is 11.2 Å². The summed E-state index contributed by atoms with van der Waals surface area (Å²) in [4.78, 5) is 11.4. The quantitative estimate of drug-likeness (QED) is 0.364. The zero-order chi connectivity index (χ0) is 20.5. The lowest BCUT2D eigenvalue weighted by molar-refractivity contribution is -0.162. The highest BCUT2D eigenvalue weighted by Crippen LogP contribution is 2.67. The predicted octanol–water partition coefficient (Wildman–Crippen LogP) is 2.19. The summed E-state index contributed by atoms with van der Waals surface area (Å²) in [5, 5.41) is 32.9. The van der Waals surface area contributed by atoms with Crippen LogP contribution < -0.4 is 0 Å². The number of aliphatic hydroxyl groups is 3. The summed E-state index contributed by atoms with van der Waals surface area (Å²) in [6.07, 6.45) is 9.84. The minimum absolute atomic E-state index is 0.0207. The number of carbonyl (C=O) groups is 1. The zero-order valence-corrected chi connectivity index (χ0v) is 17.0. The van der Waals surface area contributed by atoms with Crippen molar-refractivity contribution >= 4 is 5.97 Å². The van der Waals surface area contributed by atoms with Crippen LogP contribution in [-0.2, 0) is 9.53 Å². The predicted molar refractivity (Wildman–Crippen MR) is 104 cm³/mol. The van der Waals surface area contributed by atoms with Gasteiger partial charge in [0.1, 0.15) is 11.7 Å². The third-order valence-electron chi connectivity index (χ3n) is 8.84. The van der Waals surface area contributed by atoms with Gasteiger partial charge in [-0.3, -0.25) is 4.79 Å². The molecule has 0 heterocycles. The number of rotatable bonds is 1. The van der Waals surface area contributed by atoms with Gasteiger partial charge in [0.05, 0.1) is 12.2 Å². The maximum atomic E-state index is 11.4. The van der Waals surface area contributed by atoms with Crippen LogP contribution in [0.2, 0.25) is 0 Å². The summed E-state index contributed by atoms with van der Waals surface area (Å²) < 4.78 is 5.33. The van der Waals surface area contributed by atoms with E-state index in [0.717, 1.165) is 24.8 Å². The molecule has 28 heavy (non-hydrogen) atoms. The van der Waals surface area contributed by atoms with E-state index in [-0.39, 0.29) is 28.6 Å². The largest absolute Gasteiger partial charge is 0.459 e. The third kappa shape index (κ3) is 2.54. The zero-order valence-electron chi connectivity index (χ0n) is 17.0. The number of hydrogen-bond acceptors (Lipinski definition) is 5. The molecule has 3 N–H and O–H groups in total. The molecule has 154 valence electrons. The van der Waals surface area contributed by atoms with Crippen molar-refractivity contribution in [1.29, 1.82) is 0 Å². The Kier molecular flexibility index (Phi) is 4.50. The van der Waals surface area contributed by atoms with Gasteiger partial charge in [0.15, 0.2) is 0 Å². The van der Waals surface area contributed by atoms with E-state index in [1.807, 2.05) is 6.08 Å². The maximum Gasteiger partial charge on any atom is 0.303 e. The molecule has 4 rings (SSSR count). The lowest BCUT2D eigenvalue weighted by Crippen LogP contribution is -2.58. The Hall–Kier alpha value is -1.35. The highest BCUT2D eigenvalue weighted by Gasteiger charge is 2.65. The first-order valence-corrected chi connectivity index (χ1v) is 10.5. The molecule has 0 aromatic rings. The molecular formula is C23H32O5. The summed E-state index contributed by atoms with van der Waals surface area (Å²) in [6.45, 7) is 5.62. The van der Waals surface area contributed by atoms with Crippen molar-refractivity contribution in [2.24, 2.45) is 28.6 Å². The van der Waals surface area contributed by atoms with E-state index in [2.05, 4.69) is 19.8 Å². The van der Waals surface area contributed by atoms with Gasteiger partial charge >= 0.3 is 5.97 Å². The summed E-state index contributed by atoms with van der Waals surface area (Å²) in [5.41, 5.74) is -0.650. The fourth-order valence-electron chi connectivity index (χ4n) is 7.25. The smallest absolute Gasteiger partial charge is 0.303 e. The molecule has 4 aliphatic rings. The molecule has 0 spiro atoms. The minimum Gasteiger partial charge on any atom is -0.459 e. The summed E-state index contributed by atoms with van der Waals surface area (Å²) in [5.74, 6) is 2.65. The Morgan fingerprint density at radius 3 is 2.57 bits per heavy atom. The normalized spacial score (nSPS) is 52.5.